The maximum Gasteiger partial charge on any atom is 0.225 e. The van der Waals surface area contributed by atoms with Gasteiger partial charge in [0.05, 0.1) is 16.7 Å². The van der Waals surface area contributed by atoms with Crippen molar-refractivity contribution < 1.29 is 0 Å². The highest BCUT2D eigenvalue weighted by atomic mass is 15.3. The number of hydrogen-bond acceptors (Lipinski definition) is 6. The van der Waals surface area contributed by atoms with Crippen molar-refractivity contribution in [1.82, 2.24) is 25.1 Å². The molecule has 0 unspecified atom stereocenters. The molecule has 1 aliphatic rings. The van der Waals surface area contributed by atoms with E-state index in [0.717, 1.165) is 54.3 Å². The minimum Gasteiger partial charge on any atom is -0.362 e. The Kier molecular flexibility index (Phi) is 6.88. The second-order valence-corrected chi connectivity index (χ2v) is 10.6. The number of nitrogens with zero attached hydrogens (tertiary/aromatic N) is 5. The van der Waals surface area contributed by atoms with E-state index in [2.05, 4.69) is 66.1 Å². The van der Waals surface area contributed by atoms with Crippen LogP contribution in [0.5, 0.6) is 0 Å². The first-order valence-corrected chi connectivity index (χ1v) is 12.2. The van der Waals surface area contributed by atoms with Crippen LogP contribution in [-0.4, -0.2) is 46.4 Å². The van der Waals surface area contributed by atoms with Crippen LogP contribution >= 0.6 is 0 Å². The third-order valence-electron chi connectivity index (χ3n) is 6.50. The van der Waals surface area contributed by atoms with E-state index in [4.69, 9.17) is 15.1 Å². The Morgan fingerprint density at radius 2 is 1.79 bits per heavy atom. The predicted octanol–water partition coefficient (Wildman–Crippen LogP) is 4.72. The molecule has 4 rings (SSSR count). The van der Waals surface area contributed by atoms with Crippen LogP contribution in [0.1, 0.15) is 57.8 Å². The Labute approximate surface area is 198 Å². The van der Waals surface area contributed by atoms with Gasteiger partial charge in [-0.3, -0.25) is 4.68 Å². The van der Waals surface area contributed by atoms with Crippen LogP contribution in [0.4, 0.5) is 11.8 Å². The van der Waals surface area contributed by atoms with Gasteiger partial charge in [-0.15, -0.1) is 0 Å². The van der Waals surface area contributed by atoms with E-state index in [-0.39, 0.29) is 5.54 Å². The first kappa shape index (κ1) is 23.5. The second-order valence-electron chi connectivity index (χ2n) is 10.6. The molecule has 2 aromatic heterocycles. The van der Waals surface area contributed by atoms with Gasteiger partial charge in [-0.25, -0.2) is 4.98 Å². The molecular formula is C26H39N7. The molecule has 0 spiro atoms. The van der Waals surface area contributed by atoms with Gasteiger partial charge >= 0.3 is 0 Å². The highest BCUT2D eigenvalue weighted by Gasteiger charge is 2.22. The number of benzene rings is 1. The second kappa shape index (κ2) is 9.67. The first-order chi connectivity index (χ1) is 15.7. The van der Waals surface area contributed by atoms with Gasteiger partial charge in [0.1, 0.15) is 5.82 Å². The summed E-state index contributed by atoms with van der Waals surface area (Å²) in [5, 5.41) is 13.1. The summed E-state index contributed by atoms with van der Waals surface area (Å²) in [6.45, 7) is 10.6. The average molecular weight is 450 g/mol. The molecule has 1 aliphatic carbocycles. The Morgan fingerprint density at radius 1 is 1.06 bits per heavy atom. The number of rotatable bonds is 7. The number of nitrogens with one attached hydrogen (secondary N) is 2. The minimum atomic E-state index is 0.0236. The van der Waals surface area contributed by atoms with Gasteiger partial charge in [-0.05, 0) is 84.0 Å². The highest BCUT2D eigenvalue weighted by molar-refractivity contribution is 5.90. The Bertz CT molecular complexity index is 1070. The fourth-order valence-electron chi connectivity index (χ4n) is 4.87. The van der Waals surface area contributed by atoms with Crippen molar-refractivity contribution in [3.63, 3.8) is 0 Å². The summed E-state index contributed by atoms with van der Waals surface area (Å²) in [7, 11) is 4.07. The lowest BCUT2D eigenvalue weighted by atomic mass is 9.86. The van der Waals surface area contributed by atoms with Crippen molar-refractivity contribution in [2.24, 2.45) is 5.92 Å². The standard InChI is InChI=1S/C26H39N7/c1-18-15-21(31-33(18)26(2,3)4)17-27-16-19-11-13-20(14-12-19)28-25-29-23-10-8-7-9-22(23)24(30-25)32(5)6/h7-10,15,19-20,27H,11-14,16-17H2,1-6H3,(H,28,29,30)/t19-,20+. The number of anilines is 2. The number of fused-ring (bicyclic) bond motifs is 1. The maximum absolute atomic E-state index is 4.81. The molecule has 3 aromatic rings. The summed E-state index contributed by atoms with van der Waals surface area (Å²) < 4.78 is 2.12. The quantitative estimate of drug-likeness (QED) is 0.544. The Morgan fingerprint density at radius 3 is 2.45 bits per heavy atom. The molecule has 1 saturated carbocycles. The first-order valence-electron chi connectivity index (χ1n) is 12.2. The molecule has 33 heavy (non-hydrogen) atoms. The third-order valence-corrected chi connectivity index (χ3v) is 6.50. The highest BCUT2D eigenvalue weighted by Crippen LogP contribution is 2.28. The van der Waals surface area contributed by atoms with Crippen molar-refractivity contribution in [3.8, 4) is 0 Å². The molecule has 0 amide bonds. The van der Waals surface area contributed by atoms with E-state index in [0.29, 0.717) is 12.0 Å². The van der Waals surface area contributed by atoms with Crippen molar-refractivity contribution >= 4 is 22.7 Å². The molecule has 178 valence electrons. The van der Waals surface area contributed by atoms with Crippen LogP contribution in [-0.2, 0) is 12.1 Å². The largest absolute Gasteiger partial charge is 0.362 e. The maximum atomic E-state index is 4.81. The van der Waals surface area contributed by atoms with Crippen LogP contribution < -0.4 is 15.5 Å². The molecular weight excluding hydrogens is 410 g/mol. The molecule has 1 fully saturated rings. The van der Waals surface area contributed by atoms with Crippen molar-refractivity contribution in [3.05, 3.63) is 41.7 Å². The zero-order chi connectivity index (χ0) is 23.6. The van der Waals surface area contributed by atoms with Crippen LogP contribution in [0, 0.1) is 12.8 Å². The number of hydrogen-bond donors (Lipinski definition) is 2. The topological polar surface area (TPSA) is 70.9 Å². The summed E-state index contributed by atoms with van der Waals surface area (Å²) in [6, 6.07) is 10.8. The molecule has 0 bridgehead atoms. The van der Waals surface area contributed by atoms with Gasteiger partial charge in [0.15, 0.2) is 0 Å². The lowest BCUT2D eigenvalue weighted by Crippen LogP contribution is -2.32. The summed E-state index contributed by atoms with van der Waals surface area (Å²) >= 11 is 0. The number of aromatic nitrogens is 4. The zero-order valence-electron chi connectivity index (χ0n) is 21.0. The predicted molar refractivity (Wildman–Crippen MR) is 137 cm³/mol. The van der Waals surface area contributed by atoms with Crippen molar-refractivity contribution in [2.45, 2.75) is 71.5 Å². The number of para-hydroxylation sites is 1. The fourth-order valence-corrected chi connectivity index (χ4v) is 4.87. The zero-order valence-corrected chi connectivity index (χ0v) is 21.0. The summed E-state index contributed by atoms with van der Waals surface area (Å²) in [5.41, 5.74) is 3.36. The molecule has 1 aromatic carbocycles. The summed E-state index contributed by atoms with van der Waals surface area (Å²) in [5.74, 6) is 2.41. The molecule has 0 aliphatic heterocycles. The van der Waals surface area contributed by atoms with Gasteiger partial charge in [-0.2, -0.15) is 10.1 Å². The van der Waals surface area contributed by atoms with Crippen LogP contribution in [0.15, 0.2) is 30.3 Å². The van der Waals surface area contributed by atoms with Gasteiger partial charge in [0.25, 0.3) is 0 Å². The molecule has 2 heterocycles. The lowest BCUT2D eigenvalue weighted by molar-refractivity contribution is 0.321. The molecule has 0 atom stereocenters. The van der Waals surface area contributed by atoms with Crippen LogP contribution in [0.25, 0.3) is 10.9 Å². The van der Waals surface area contributed by atoms with Crippen molar-refractivity contribution in [1.29, 1.82) is 0 Å². The van der Waals surface area contributed by atoms with E-state index in [1.807, 2.05) is 26.2 Å². The Balaban J connectivity index is 1.27. The molecule has 7 nitrogen and oxygen atoms in total. The van der Waals surface area contributed by atoms with Gasteiger partial charge in [0, 0.05) is 37.8 Å². The molecule has 7 heteroatoms. The number of aryl methyl sites for hydroxylation is 1. The smallest absolute Gasteiger partial charge is 0.225 e. The van der Waals surface area contributed by atoms with E-state index < -0.39 is 0 Å². The van der Waals surface area contributed by atoms with Crippen molar-refractivity contribution in [2.75, 3.05) is 30.9 Å². The summed E-state index contributed by atoms with van der Waals surface area (Å²) in [4.78, 5) is 11.6. The van der Waals surface area contributed by atoms with Gasteiger partial charge < -0.3 is 15.5 Å². The SMILES string of the molecule is Cc1cc(CNC[C@H]2CC[C@@H](Nc3nc(N(C)C)c4ccccc4n3)CC2)nn1C(C)(C)C. The molecule has 0 radical (unpaired) electrons. The van der Waals surface area contributed by atoms with Crippen LogP contribution in [0.3, 0.4) is 0 Å². The van der Waals surface area contributed by atoms with E-state index in [1.165, 1.54) is 18.5 Å². The van der Waals surface area contributed by atoms with E-state index in [1.54, 1.807) is 0 Å². The van der Waals surface area contributed by atoms with Gasteiger partial charge in [0.2, 0.25) is 5.95 Å². The van der Waals surface area contributed by atoms with Crippen LogP contribution in [0.2, 0.25) is 0 Å². The Hall–Kier alpha value is -2.67. The lowest BCUT2D eigenvalue weighted by Gasteiger charge is -2.29. The minimum absolute atomic E-state index is 0.0236. The third kappa shape index (κ3) is 5.64. The molecule has 2 N–H and O–H groups in total. The van der Waals surface area contributed by atoms with E-state index >= 15 is 0 Å². The van der Waals surface area contributed by atoms with E-state index in [9.17, 15) is 0 Å². The fraction of sp³-hybridized carbons (Fsp3) is 0.577. The summed E-state index contributed by atoms with van der Waals surface area (Å²) in [6.07, 6.45) is 4.73. The monoisotopic (exact) mass is 449 g/mol. The average Bonchev–Trinajstić information content (AvgIpc) is 3.15. The van der Waals surface area contributed by atoms with Gasteiger partial charge in [-0.1, -0.05) is 12.1 Å². The molecule has 0 saturated heterocycles. The normalized spacial score (nSPS) is 19.1.